The molecule has 2 aromatic rings. The number of H-pyrrole nitrogens is 1. The van der Waals surface area contributed by atoms with Crippen LogP contribution in [0.3, 0.4) is 0 Å². The topological polar surface area (TPSA) is 69.7 Å². The summed E-state index contributed by atoms with van der Waals surface area (Å²) < 4.78 is 0. The van der Waals surface area contributed by atoms with Crippen LogP contribution in [0, 0.1) is 0 Å². The molecule has 100 valence electrons. The minimum Gasteiger partial charge on any atom is -0.337 e. The predicted molar refractivity (Wildman–Crippen MR) is 74.3 cm³/mol. The van der Waals surface area contributed by atoms with Gasteiger partial charge in [0.15, 0.2) is 5.82 Å². The first-order valence-corrected chi connectivity index (χ1v) is 6.62. The van der Waals surface area contributed by atoms with Crippen LogP contribution in [0.4, 0.5) is 5.95 Å². The molecule has 1 aliphatic rings. The van der Waals surface area contributed by atoms with E-state index in [1.807, 2.05) is 6.07 Å². The largest absolute Gasteiger partial charge is 0.337 e. The Hall–Kier alpha value is -1.66. The lowest BCUT2D eigenvalue weighted by Gasteiger charge is -2.30. The highest BCUT2D eigenvalue weighted by molar-refractivity contribution is 6.33. The molecule has 0 bridgehead atoms. The lowest BCUT2D eigenvalue weighted by atomic mass is 10.2. The third-order valence-electron chi connectivity index (χ3n) is 3.15. The van der Waals surface area contributed by atoms with Crippen LogP contribution in [0.2, 0.25) is 5.02 Å². The zero-order chi connectivity index (χ0) is 13.2. The van der Waals surface area contributed by atoms with Crippen molar-refractivity contribution < 1.29 is 0 Å². The third-order valence-corrected chi connectivity index (χ3v) is 3.45. The highest BCUT2D eigenvalue weighted by Crippen LogP contribution is 2.24. The molecule has 1 aliphatic heterocycles. The van der Waals surface area contributed by atoms with Crippen molar-refractivity contribution in [2.45, 2.75) is 13.0 Å². The Morgan fingerprint density at radius 2 is 2.37 bits per heavy atom. The Morgan fingerprint density at radius 3 is 3.16 bits per heavy atom. The van der Waals surface area contributed by atoms with Crippen molar-refractivity contribution in [3.63, 3.8) is 0 Å². The van der Waals surface area contributed by atoms with Gasteiger partial charge < -0.3 is 10.2 Å². The number of nitrogens with one attached hydrogen (secondary N) is 2. The van der Waals surface area contributed by atoms with Crippen LogP contribution in [0.15, 0.2) is 18.5 Å². The number of piperazine rings is 1. The first kappa shape index (κ1) is 12.4. The second-order valence-electron chi connectivity index (χ2n) is 4.64. The molecular formula is C12H15ClN6. The summed E-state index contributed by atoms with van der Waals surface area (Å²) in [4.78, 5) is 10.6. The molecule has 3 heterocycles. The molecule has 0 radical (unpaired) electrons. The molecule has 3 rings (SSSR count). The van der Waals surface area contributed by atoms with Crippen molar-refractivity contribution in [1.82, 2.24) is 25.5 Å². The molecule has 0 aliphatic carbocycles. The summed E-state index contributed by atoms with van der Waals surface area (Å²) in [6, 6.07) is 2.27. The monoisotopic (exact) mass is 278 g/mol. The van der Waals surface area contributed by atoms with E-state index in [1.165, 1.54) is 0 Å². The van der Waals surface area contributed by atoms with Crippen LogP contribution in [0.5, 0.6) is 0 Å². The lowest BCUT2D eigenvalue weighted by molar-refractivity contribution is 0.480. The second kappa shape index (κ2) is 5.14. The van der Waals surface area contributed by atoms with E-state index in [2.05, 4.69) is 37.3 Å². The van der Waals surface area contributed by atoms with Crippen LogP contribution in [-0.4, -0.2) is 45.8 Å². The summed E-state index contributed by atoms with van der Waals surface area (Å²) in [5.41, 5.74) is 0.818. The van der Waals surface area contributed by atoms with Crippen LogP contribution < -0.4 is 10.2 Å². The van der Waals surface area contributed by atoms with Gasteiger partial charge in [0.25, 0.3) is 0 Å². The number of nitrogens with zero attached hydrogens (tertiary/aromatic N) is 4. The summed E-state index contributed by atoms with van der Waals surface area (Å²) >= 11 is 6.10. The Balaban J connectivity index is 1.85. The summed E-state index contributed by atoms with van der Waals surface area (Å²) in [5, 5.41) is 11.2. The zero-order valence-electron chi connectivity index (χ0n) is 10.6. The van der Waals surface area contributed by atoms with Crippen LogP contribution in [0.25, 0.3) is 11.4 Å². The van der Waals surface area contributed by atoms with Crippen molar-refractivity contribution in [3.05, 3.63) is 23.5 Å². The van der Waals surface area contributed by atoms with Gasteiger partial charge in [0.1, 0.15) is 0 Å². The maximum Gasteiger partial charge on any atom is 0.245 e. The first-order chi connectivity index (χ1) is 9.24. The second-order valence-corrected chi connectivity index (χ2v) is 5.05. The number of hydrogen-bond donors (Lipinski definition) is 2. The van der Waals surface area contributed by atoms with E-state index in [4.69, 9.17) is 11.6 Å². The quantitative estimate of drug-likeness (QED) is 0.867. The van der Waals surface area contributed by atoms with Gasteiger partial charge in [-0.3, -0.25) is 10.1 Å². The van der Waals surface area contributed by atoms with Gasteiger partial charge in [0, 0.05) is 43.6 Å². The van der Waals surface area contributed by atoms with Crippen LogP contribution in [0.1, 0.15) is 6.92 Å². The fourth-order valence-corrected chi connectivity index (χ4v) is 2.40. The molecule has 7 heteroatoms. The lowest BCUT2D eigenvalue weighted by Crippen LogP contribution is -2.49. The first-order valence-electron chi connectivity index (χ1n) is 6.24. The van der Waals surface area contributed by atoms with Gasteiger partial charge in [-0.25, -0.2) is 0 Å². The predicted octanol–water partition coefficient (Wildman–Crippen LogP) is 1.32. The number of aromatic amines is 1. The zero-order valence-corrected chi connectivity index (χ0v) is 11.4. The molecule has 6 nitrogen and oxygen atoms in total. The molecule has 0 saturated carbocycles. The summed E-state index contributed by atoms with van der Waals surface area (Å²) in [6.45, 7) is 4.91. The van der Waals surface area contributed by atoms with Gasteiger partial charge in [-0.05, 0) is 13.0 Å². The van der Waals surface area contributed by atoms with Gasteiger partial charge in [-0.15, -0.1) is 5.10 Å². The Morgan fingerprint density at radius 1 is 1.47 bits per heavy atom. The standard InChI is InChI=1S/C12H15ClN6/c1-8-7-19(5-4-15-8)12-16-11(17-18-12)9-2-3-14-6-10(9)13/h2-3,6,8,15H,4-5,7H2,1H3,(H,16,17,18). The van der Waals surface area contributed by atoms with Gasteiger partial charge in [0.05, 0.1) is 5.02 Å². The number of anilines is 1. The summed E-state index contributed by atoms with van der Waals surface area (Å²) in [7, 11) is 0. The number of pyridine rings is 1. The Labute approximate surface area is 116 Å². The molecule has 1 fully saturated rings. The van der Waals surface area contributed by atoms with Crippen molar-refractivity contribution in [2.75, 3.05) is 24.5 Å². The minimum absolute atomic E-state index is 0.445. The van der Waals surface area contributed by atoms with Crippen molar-refractivity contribution in [1.29, 1.82) is 0 Å². The average Bonchev–Trinajstić information content (AvgIpc) is 2.89. The highest BCUT2D eigenvalue weighted by atomic mass is 35.5. The molecular weight excluding hydrogens is 264 g/mol. The molecule has 0 spiro atoms. The van der Waals surface area contributed by atoms with E-state index in [0.717, 1.165) is 31.1 Å². The molecule has 2 N–H and O–H groups in total. The van der Waals surface area contributed by atoms with Crippen molar-refractivity contribution >= 4 is 17.5 Å². The van der Waals surface area contributed by atoms with Gasteiger partial charge in [-0.1, -0.05) is 11.6 Å². The molecule has 0 aromatic carbocycles. The number of halogens is 1. The smallest absolute Gasteiger partial charge is 0.245 e. The van der Waals surface area contributed by atoms with E-state index in [1.54, 1.807) is 12.4 Å². The Kier molecular flexibility index (Phi) is 3.35. The van der Waals surface area contributed by atoms with Gasteiger partial charge >= 0.3 is 0 Å². The van der Waals surface area contributed by atoms with Gasteiger partial charge in [-0.2, -0.15) is 4.98 Å². The SMILES string of the molecule is CC1CN(c2n[nH]c(-c3ccncc3Cl)n2)CCN1. The Bertz CT molecular complexity index is 569. The fraction of sp³-hybridized carbons (Fsp3) is 0.417. The van der Waals surface area contributed by atoms with E-state index < -0.39 is 0 Å². The van der Waals surface area contributed by atoms with Crippen LogP contribution >= 0.6 is 11.6 Å². The maximum atomic E-state index is 6.10. The van der Waals surface area contributed by atoms with E-state index >= 15 is 0 Å². The molecule has 1 unspecified atom stereocenters. The molecule has 1 atom stereocenters. The van der Waals surface area contributed by atoms with Gasteiger partial charge in [0.2, 0.25) is 5.95 Å². The van der Waals surface area contributed by atoms with E-state index in [9.17, 15) is 0 Å². The molecule has 0 amide bonds. The third kappa shape index (κ3) is 2.54. The van der Waals surface area contributed by atoms with Crippen molar-refractivity contribution in [3.8, 4) is 11.4 Å². The average molecular weight is 279 g/mol. The molecule has 19 heavy (non-hydrogen) atoms. The minimum atomic E-state index is 0.445. The van der Waals surface area contributed by atoms with E-state index in [0.29, 0.717) is 16.9 Å². The number of aromatic nitrogens is 4. The maximum absolute atomic E-state index is 6.10. The number of hydrogen-bond acceptors (Lipinski definition) is 5. The highest BCUT2D eigenvalue weighted by Gasteiger charge is 2.20. The van der Waals surface area contributed by atoms with Crippen molar-refractivity contribution in [2.24, 2.45) is 0 Å². The number of rotatable bonds is 2. The molecule has 2 aromatic heterocycles. The van der Waals surface area contributed by atoms with Crippen LogP contribution in [-0.2, 0) is 0 Å². The normalized spacial score (nSPS) is 19.7. The molecule has 1 saturated heterocycles. The summed E-state index contributed by atoms with van der Waals surface area (Å²) in [6.07, 6.45) is 3.29. The summed E-state index contributed by atoms with van der Waals surface area (Å²) in [5.74, 6) is 1.39. The fourth-order valence-electron chi connectivity index (χ4n) is 2.20. The van der Waals surface area contributed by atoms with E-state index in [-0.39, 0.29) is 0 Å².